The van der Waals surface area contributed by atoms with Gasteiger partial charge in [0, 0.05) is 0 Å². The highest BCUT2D eigenvalue weighted by molar-refractivity contribution is 5.91. The second kappa shape index (κ2) is 17.7. The molecule has 0 fully saturated rings. The van der Waals surface area contributed by atoms with Gasteiger partial charge in [-0.1, -0.05) is 84.5 Å². The molecule has 36 heavy (non-hydrogen) atoms. The van der Waals surface area contributed by atoms with Gasteiger partial charge < -0.3 is 14.2 Å². The van der Waals surface area contributed by atoms with Crippen molar-refractivity contribution in [3.8, 4) is 17.2 Å². The Bertz CT molecular complexity index is 883. The van der Waals surface area contributed by atoms with Crippen molar-refractivity contribution in [2.24, 2.45) is 0 Å². The van der Waals surface area contributed by atoms with Crippen molar-refractivity contribution in [3.63, 3.8) is 0 Å². The molecule has 2 aromatic carbocycles. The van der Waals surface area contributed by atoms with Crippen LogP contribution >= 0.6 is 0 Å². The summed E-state index contributed by atoms with van der Waals surface area (Å²) in [5, 5.41) is 0. The molecule has 0 aromatic heterocycles. The SMILES string of the molecule is CCCCCCCCCOc1ccc(C(=O)Oc2ccc(OCCCCCCCC)c(F)c2F)cc1. The van der Waals surface area contributed by atoms with Crippen LogP contribution in [0.15, 0.2) is 36.4 Å². The summed E-state index contributed by atoms with van der Waals surface area (Å²) in [6, 6.07) is 8.96. The monoisotopic (exact) mass is 504 g/mol. The summed E-state index contributed by atoms with van der Waals surface area (Å²) in [6.07, 6.45) is 14.9. The molecule has 0 amide bonds. The lowest BCUT2D eigenvalue weighted by atomic mass is 10.1. The highest BCUT2D eigenvalue weighted by atomic mass is 19.2. The molecule has 0 aliphatic rings. The standard InChI is InChI=1S/C30H42F2O4/c1-3-5-7-9-11-13-14-22-34-25-18-16-24(17-19-25)30(33)36-27-21-20-26(28(31)29(27)32)35-23-15-12-10-8-6-4-2/h16-21H,3-15,22-23H2,1-2H3. The van der Waals surface area contributed by atoms with Gasteiger partial charge in [-0.3, -0.25) is 0 Å². The van der Waals surface area contributed by atoms with Crippen molar-refractivity contribution < 1.29 is 27.8 Å². The highest BCUT2D eigenvalue weighted by Crippen LogP contribution is 2.28. The van der Waals surface area contributed by atoms with Crippen LogP contribution in [0.25, 0.3) is 0 Å². The maximum absolute atomic E-state index is 14.5. The molecular weight excluding hydrogens is 462 g/mol. The summed E-state index contributed by atoms with van der Waals surface area (Å²) in [5.41, 5.74) is 0.224. The van der Waals surface area contributed by atoms with E-state index in [1.807, 2.05) is 0 Å². The lowest BCUT2D eigenvalue weighted by Crippen LogP contribution is -2.10. The number of rotatable bonds is 19. The number of esters is 1. The minimum absolute atomic E-state index is 0.177. The molecule has 0 aliphatic heterocycles. The largest absolute Gasteiger partial charge is 0.494 e. The van der Waals surface area contributed by atoms with E-state index in [4.69, 9.17) is 14.2 Å². The summed E-state index contributed by atoms with van der Waals surface area (Å²) in [7, 11) is 0. The van der Waals surface area contributed by atoms with Crippen LogP contribution in [-0.2, 0) is 0 Å². The zero-order chi connectivity index (χ0) is 26.0. The lowest BCUT2D eigenvalue weighted by Gasteiger charge is -2.11. The van der Waals surface area contributed by atoms with Gasteiger partial charge in [-0.05, 0) is 49.2 Å². The average molecular weight is 505 g/mol. The van der Waals surface area contributed by atoms with E-state index < -0.39 is 23.4 Å². The molecule has 6 heteroatoms. The van der Waals surface area contributed by atoms with Crippen LogP contribution in [0.3, 0.4) is 0 Å². The summed E-state index contributed by atoms with van der Waals surface area (Å²) in [4.78, 5) is 12.4. The number of hydrogen-bond acceptors (Lipinski definition) is 4. The van der Waals surface area contributed by atoms with E-state index in [1.54, 1.807) is 24.3 Å². The molecule has 0 saturated heterocycles. The maximum atomic E-state index is 14.5. The van der Waals surface area contributed by atoms with Crippen molar-refractivity contribution in [2.45, 2.75) is 97.3 Å². The first-order valence-electron chi connectivity index (χ1n) is 13.6. The van der Waals surface area contributed by atoms with Crippen molar-refractivity contribution in [3.05, 3.63) is 53.6 Å². The van der Waals surface area contributed by atoms with Crippen molar-refractivity contribution in [2.75, 3.05) is 13.2 Å². The van der Waals surface area contributed by atoms with Gasteiger partial charge in [-0.2, -0.15) is 8.78 Å². The number of carbonyl (C=O) groups excluding carboxylic acids is 1. The quantitative estimate of drug-likeness (QED) is 0.109. The van der Waals surface area contributed by atoms with Crippen molar-refractivity contribution in [1.82, 2.24) is 0 Å². The van der Waals surface area contributed by atoms with Crippen LogP contribution in [-0.4, -0.2) is 19.2 Å². The van der Waals surface area contributed by atoms with Crippen LogP contribution in [0, 0.1) is 11.6 Å². The first-order chi connectivity index (χ1) is 17.6. The molecule has 200 valence electrons. The Kier molecular flexibility index (Phi) is 14.6. The average Bonchev–Trinajstić information content (AvgIpc) is 2.89. The van der Waals surface area contributed by atoms with Gasteiger partial charge >= 0.3 is 5.97 Å². The van der Waals surface area contributed by atoms with Gasteiger partial charge in [0.05, 0.1) is 18.8 Å². The summed E-state index contributed by atoms with van der Waals surface area (Å²) in [6.45, 7) is 5.30. The minimum atomic E-state index is -1.24. The molecule has 2 rings (SSSR count). The molecule has 0 N–H and O–H groups in total. The highest BCUT2D eigenvalue weighted by Gasteiger charge is 2.19. The van der Waals surface area contributed by atoms with Crippen molar-refractivity contribution in [1.29, 1.82) is 0 Å². The van der Waals surface area contributed by atoms with E-state index in [2.05, 4.69) is 13.8 Å². The summed E-state index contributed by atoms with van der Waals surface area (Å²) < 4.78 is 45.0. The minimum Gasteiger partial charge on any atom is -0.494 e. The zero-order valence-electron chi connectivity index (χ0n) is 22.0. The fourth-order valence-corrected chi connectivity index (χ4v) is 3.86. The Morgan fingerprint density at radius 2 is 1.08 bits per heavy atom. The Balaban J connectivity index is 1.75. The van der Waals surface area contributed by atoms with Gasteiger partial charge in [0.2, 0.25) is 11.6 Å². The van der Waals surface area contributed by atoms with Crippen LogP contribution in [0.2, 0.25) is 0 Å². The number of benzene rings is 2. The van der Waals surface area contributed by atoms with E-state index >= 15 is 0 Å². The summed E-state index contributed by atoms with van der Waals surface area (Å²) >= 11 is 0. The molecular formula is C30H42F2O4. The van der Waals surface area contributed by atoms with E-state index in [9.17, 15) is 13.6 Å². The van der Waals surface area contributed by atoms with Crippen LogP contribution in [0.1, 0.15) is 108 Å². The Labute approximate surface area is 215 Å². The zero-order valence-corrected chi connectivity index (χ0v) is 22.0. The fourth-order valence-electron chi connectivity index (χ4n) is 3.86. The van der Waals surface area contributed by atoms with Crippen LogP contribution in [0.4, 0.5) is 8.78 Å². The predicted molar refractivity (Wildman–Crippen MR) is 140 cm³/mol. The first-order valence-corrected chi connectivity index (χ1v) is 13.6. The van der Waals surface area contributed by atoms with Gasteiger partial charge in [0.1, 0.15) is 5.75 Å². The molecule has 0 heterocycles. The van der Waals surface area contributed by atoms with Gasteiger partial charge in [0.15, 0.2) is 11.5 Å². The van der Waals surface area contributed by atoms with E-state index in [1.165, 1.54) is 63.5 Å². The fraction of sp³-hybridized carbons (Fsp3) is 0.567. The van der Waals surface area contributed by atoms with Crippen LogP contribution in [0.5, 0.6) is 17.2 Å². The molecule has 0 bridgehead atoms. The molecule has 0 unspecified atom stereocenters. The predicted octanol–water partition coefficient (Wildman–Crippen LogP) is 9.05. The molecule has 4 nitrogen and oxygen atoms in total. The second-order valence-electron chi connectivity index (χ2n) is 9.19. The molecule has 0 radical (unpaired) electrons. The van der Waals surface area contributed by atoms with E-state index in [0.717, 1.165) is 32.1 Å². The van der Waals surface area contributed by atoms with E-state index in [-0.39, 0.29) is 11.3 Å². The molecule has 0 saturated carbocycles. The third kappa shape index (κ3) is 11.0. The van der Waals surface area contributed by atoms with Crippen LogP contribution < -0.4 is 14.2 Å². The third-order valence-electron chi connectivity index (χ3n) is 6.08. The molecule has 0 aliphatic carbocycles. The Morgan fingerprint density at radius 3 is 1.67 bits per heavy atom. The van der Waals surface area contributed by atoms with Crippen molar-refractivity contribution >= 4 is 5.97 Å². The Morgan fingerprint density at radius 1 is 0.611 bits per heavy atom. The Hall–Kier alpha value is -2.63. The molecule has 2 aromatic rings. The number of hydrogen-bond donors (Lipinski definition) is 0. The topological polar surface area (TPSA) is 44.8 Å². The number of unbranched alkanes of at least 4 members (excludes halogenated alkanes) is 11. The molecule has 0 spiro atoms. The molecule has 0 atom stereocenters. The van der Waals surface area contributed by atoms with E-state index in [0.29, 0.717) is 19.0 Å². The van der Waals surface area contributed by atoms with Gasteiger partial charge in [-0.25, -0.2) is 4.79 Å². The first kappa shape index (κ1) is 29.6. The smallest absolute Gasteiger partial charge is 0.343 e. The number of halogens is 2. The second-order valence-corrected chi connectivity index (χ2v) is 9.19. The lowest BCUT2D eigenvalue weighted by molar-refractivity contribution is 0.0726. The maximum Gasteiger partial charge on any atom is 0.343 e. The number of carbonyl (C=O) groups is 1. The van der Waals surface area contributed by atoms with Gasteiger partial charge in [0.25, 0.3) is 0 Å². The third-order valence-corrected chi connectivity index (χ3v) is 6.08. The van der Waals surface area contributed by atoms with Gasteiger partial charge in [-0.15, -0.1) is 0 Å². The summed E-state index contributed by atoms with van der Waals surface area (Å²) in [5.74, 6) is -3.15. The number of ether oxygens (including phenoxy) is 3. The normalized spacial score (nSPS) is 10.9.